The number of rotatable bonds is 4. The molecule has 0 unspecified atom stereocenters. The Morgan fingerprint density at radius 2 is 1.64 bits per heavy atom. The van der Waals surface area contributed by atoms with Gasteiger partial charge in [-0.05, 0) is 37.5 Å². The molecule has 2 rings (SSSR count). The molecule has 1 aromatic carbocycles. The molecule has 5 heteroatoms. The zero-order chi connectivity index (χ0) is 20.2. The molecule has 152 valence electrons. The molecule has 1 aromatic rings. The molecule has 0 aliphatic heterocycles. The lowest BCUT2D eigenvalue weighted by Gasteiger charge is -2.19. The fourth-order valence-electron chi connectivity index (χ4n) is 3.63. The number of aromatic hydroxyl groups is 1. The van der Waals surface area contributed by atoms with Crippen molar-refractivity contribution in [2.75, 3.05) is 5.32 Å². The molecule has 3 N–H and O–H groups in total. The van der Waals surface area contributed by atoms with Crippen molar-refractivity contribution in [2.45, 2.75) is 83.6 Å². The highest BCUT2D eigenvalue weighted by molar-refractivity contribution is 5.97. The van der Waals surface area contributed by atoms with Gasteiger partial charge in [0, 0.05) is 12.2 Å². The molecule has 0 heterocycles. The number of phenols is 1. The van der Waals surface area contributed by atoms with Crippen LogP contribution in [0.4, 0.5) is 5.69 Å². The second-order valence-electron chi connectivity index (χ2n) is 7.76. The number of hydrogen-bond acceptors (Lipinski definition) is 4. The summed E-state index contributed by atoms with van der Waals surface area (Å²) in [7, 11) is 0. The van der Waals surface area contributed by atoms with Crippen molar-refractivity contribution in [3.05, 3.63) is 35.5 Å². The molecule has 1 fully saturated rings. The summed E-state index contributed by atoms with van der Waals surface area (Å²) in [6, 6.07) is 7.30. The number of benzene rings is 1. The normalized spacial score (nSPS) is 17.6. The van der Waals surface area contributed by atoms with Crippen LogP contribution in [0.2, 0.25) is 0 Å². The summed E-state index contributed by atoms with van der Waals surface area (Å²) in [5.41, 5.74) is 1.43. The fourth-order valence-corrected chi connectivity index (χ4v) is 3.63. The lowest BCUT2D eigenvalue weighted by Crippen LogP contribution is -2.35. The highest BCUT2D eigenvalue weighted by Gasteiger charge is 2.16. The third-order valence-electron chi connectivity index (χ3n) is 5.33. The van der Waals surface area contributed by atoms with Gasteiger partial charge < -0.3 is 15.7 Å². The maximum atomic E-state index is 12.6. The molecule has 0 aromatic heterocycles. The van der Waals surface area contributed by atoms with Crippen LogP contribution in [-0.4, -0.2) is 17.1 Å². The number of carbonyl (C=O) groups excluding carboxylic acids is 1. The number of hydrogen-bond donors (Lipinski definition) is 3. The van der Waals surface area contributed by atoms with Crippen molar-refractivity contribution in [2.24, 2.45) is 0 Å². The first-order valence-corrected chi connectivity index (χ1v) is 10.6. The third-order valence-corrected chi connectivity index (χ3v) is 5.33. The highest BCUT2D eigenvalue weighted by Crippen LogP contribution is 2.24. The fraction of sp³-hybridized carbons (Fsp3) is 0.565. The lowest BCUT2D eigenvalue weighted by molar-refractivity contribution is -0.117. The molecule has 0 radical (unpaired) electrons. The van der Waals surface area contributed by atoms with E-state index in [9.17, 15) is 15.2 Å². The van der Waals surface area contributed by atoms with E-state index in [0.717, 1.165) is 31.2 Å². The number of phenolic OH excluding ortho intramolecular Hbond substituents is 1. The number of amides is 1. The van der Waals surface area contributed by atoms with Crippen LogP contribution in [0.1, 0.15) is 76.2 Å². The first-order valence-electron chi connectivity index (χ1n) is 10.6. The quantitative estimate of drug-likeness (QED) is 0.374. The van der Waals surface area contributed by atoms with Gasteiger partial charge in [0.15, 0.2) is 0 Å². The topological polar surface area (TPSA) is 85.2 Å². The van der Waals surface area contributed by atoms with E-state index in [2.05, 4.69) is 10.6 Å². The van der Waals surface area contributed by atoms with Crippen LogP contribution in [-0.2, 0) is 4.79 Å². The van der Waals surface area contributed by atoms with Gasteiger partial charge in [-0.3, -0.25) is 4.79 Å². The molecule has 0 spiro atoms. The molecular weight excluding hydrogens is 350 g/mol. The maximum Gasteiger partial charge on any atom is 0.263 e. The van der Waals surface area contributed by atoms with Crippen LogP contribution < -0.4 is 10.6 Å². The predicted molar refractivity (Wildman–Crippen MR) is 113 cm³/mol. The number of nitriles is 1. The minimum absolute atomic E-state index is 0.0195. The van der Waals surface area contributed by atoms with Gasteiger partial charge in [0.25, 0.3) is 5.91 Å². The second-order valence-corrected chi connectivity index (χ2v) is 7.76. The van der Waals surface area contributed by atoms with Crippen LogP contribution in [0.15, 0.2) is 30.0 Å². The first-order chi connectivity index (χ1) is 13.6. The van der Waals surface area contributed by atoms with Crippen molar-refractivity contribution in [1.29, 1.82) is 5.26 Å². The third kappa shape index (κ3) is 7.64. The van der Waals surface area contributed by atoms with Crippen molar-refractivity contribution in [1.82, 2.24) is 5.32 Å². The van der Waals surface area contributed by atoms with E-state index in [0.29, 0.717) is 5.69 Å². The van der Waals surface area contributed by atoms with Gasteiger partial charge >= 0.3 is 0 Å². The van der Waals surface area contributed by atoms with E-state index >= 15 is 0 Å². The molecule has 1 saturated carbocycles. The Bertz CT molecular complexity index is 694. The summed E-state index contributed by atoms with van der Waals surface area (Å²) in [5, 5.41) is 25.3. The molecule has 1 aliphatic carbocycles. The Morgan fingerprint density at radius 1 is 1.07 bits per heavy atom. The summed E-state index contributed by atoms with van der Waals surface area (Å²) in [4.78, 5) is 12.6. The average Bonchev–Trinajstić information content (AvgIpc) is 2.66. The second kappa shape index (κ2) is 12.1. The Morgan fingerprint density at radius 3 is 2.18 bits per heavy atom. The minimum Gasteiger partial charge on any atom is -0.506 e. The molecule has 0 bridgehead atoms. The molecule has 28 heavy (non-hydrogen) atoms. The summed E-state index contributed by atoms with van der Waals surface area (Å²) >= 11 is 0. The van der Waals surface area contributed by atoms with Gasteiger partial charge in [0.05, 0.1) is 5.69 Å². The number of carbonyl (C=O) groups is 1. The van der Waals surface area contributed by atoms with E-state index < -0.39 is 0 Å². The average molecular weight is 384 g/mol. The van der Waals surface area contributed by atoms with E-state index in [1.807, 2.05) is 19.1 Å². The van der Waals surface area contributed by atoms with Crippen LogP contribution >= 0.6 is 0 Å². The maximum absolute atomic E-state index is 12.6. The van der Waals surface area contributed by atoms with Gasteiger partial charge in [0.1, 0.15) is 17.4 Å². The Hall–Kier alpha value is -2.48. The van der Waals surface area contributed by atoms with Crippen molar-refractivity contribution in [3.63, 3.8) is 0 Å². The molecule has 0 atom stereocenters. The van der Waals surface area contributed by atoms with Gasteiger partial charge in [0.2, 0.25) is 0 Å². The van der Waals surface area contributed by atoms with Crippen molar-refractivity contribution < 1.29 is 9.90 Å². The Balaban J connectivity index is 1.94. The molecule has 0 saturated heterocycles. The van der Waals surface area contributed by atoms with Crippen LogP contribution in [0.5, 0.6) is 5.75 Å². The lowest BCUT2D eigenvalue weighted by atomic mass is 9.98. The summed E-state index contributed by atoms with van der Waals surface area (Å²) < 4.78 is 0. The van der Waals surface area contributed by atoms with E-state index in [-0.39, 0.29) is 23.3 Å². The van der Waals surface area contributed by atoms with Gasteiger partial charge in [-0.1, -0.05) is 63.9 Å². The number of aryl methyl sites for hydroxylation is 1. The smallest absolute Gasteiger partial charge is 0.263 e. The van der Waals surface area contributed by atoms with Crippen molar-refractivity contribution in [3.8, 4) is 11.8 Å². The molecule has 5 nitrogen and oxygen atoms in total. The monoisotopic (exact) mass is 383 g/mol. The minimum atomic E-state index is -0.348. The first kappa shape index (κ1) is 21.8. The summed E-state index contributed by atoms with van der Waals surface area (Å²) in [6.45, 7) is 1.89. The predicted octanol–water partition coefficient (Wildman–Crippen LogP) is 5.31. The highest BCUT2D eigenvalue weighted by atomic mass is 16.3. The zero-order valence-corrected chi connectivity index (χ0v) is 17.0. The largest absolute Gasteiger partial charge is 0.506 e. The molecule has 1 aliphatic rings. The van der Waals surface area contributed by atoms with Crippen LogP contribution in [0, 0.1) is 18.3 Å². The van der Waals surface area contributed by atoms with E-state index in [1.165, 1.54) is 51.1 Å². The Labute approximate surface area is 168 Å². The molecule has 1 amide bonds. The summed E-state index contributed by atoms with van der Waals surface area (Å²) in [5.74, 6) is -0.257. The van der Waals surface area contributed by atoms with E-state index in [4.69, 9.17) is 0 Å². The van der Waals surface area contributed by atoms with E-state index in [1.54, 1.807) is 12.1 Å². The number of nitrogens with zero attached hydrogens (tertiary/aromatic N) is 1. The van der Waals surface area contributed by atoms with Gasteiger partial charge in [-0.25, -0.2) is 0 Å². The van der Waals surface area contributed by atoms with Crippen LogP contribution in [0.25, 0.3) is 0 Å². The van der Waals surface area contributed by atoms with Crippen LogP contribution in [0.3, 0.4) is 0 Å². The number of anilines is 1. The SMILES string of the molecule is Cc1ccc(N/C=C(/C#N)C(=O)NC2CCCCCCCCCCC2)c(O)c1. The van der Waals surface area contributed by atoms with Gasteiger partial charge in [-0.2, -0.15) is 5.26 Å². The molecular formula is C23H33N3O2. The summed E-state index contributed by atoms with van der Waals surface area (Å²) in [6.07, 6.45) is 14.5. The zero-order valence-electron chi connectivity index (χ0n) is 17.0. The van der Waals surface area contributed by atoms with Gasteiger partial charge in [-0.15, -0.1) is 0 Å². The standard InChI is InChI=1S/C23H33N3O2/c1-18-13-14-21(22(27)15-18)25-17-19(16-24)23(28)26-20-11-9-7-5-3-2-4-6-8-10-12-20/h13-15,17,20,25,27H,2-12H2,1H3,(H,26,28)/b19-17-. The van der Waals surface area contributed by atoms with Crippen molar-refractivity contribution >= 4 is 11.6 Å². The number of nitrogens with one attached hydrogen (secondary N) is 2. The Kier molecular flexibility index (Phi) is 9.41.